The highest BCUT2D eigenvalue weighted by molar-refractivity contribution is 5.57. The first-order valence-electron chi connectivity index (χ1n) is 4.53. The van der Waals surface area contributed by atoms with Gasteiger partial charge in [-0.3, -0.25) is 4.57 Å². The maximum absolute atomic E-state index is 5.97. The van der Waals surface area contributed by atoms with Crippen molar-refractivity contribution in [3.63, 3.8) is 0 Å². The van der Waals surface area contributed by atoms with Crippen LogP contribution >= 0.6 is 0 Å². The van der Waals surface area contributed by atoms with Crippen LogP contribution in [-0.2, 0) is 13.5 Å². The number of nitrogens with zero attached hydrogens (tertiary/aromatic N) is 4. The Morgan fingerprint density at radius 1 is 1.50 bits per heavy atom. The minimum atomic E-state index is 0.730. The quantitative estimate of drug-likeness (QED) is 0.762. The van der Waals surface area contributed by atoms with Gasteiger partial charge in [0.2, 0.25) is 0 Å². The predicted octanol–water partition coefficient (Wildman–Crippen LogP) is 0.750. The zero-order chi connectivity index (χ0) is 10.1. The number of anilines is 1. The van der Waals surface area contributed by atoms with Gasteiger partial charge in [-0.05, 0) is 6.42 Å². The molecule has 2 rings (SSSR count). The molecule has 5 nitrogen and oxygen atoms in total. The van der Waals surface area contributed by atoms with E-state index in [1.54, 1.807) is 17.2 Å². The Bertz CT molecular complexity index is 426. The second-order valence-electron chi connectivity index (χ2n) is 3.13. The van der Waals surface area contributed by atoms with E-state index < -0.39 is 0 Å². The van der Waals surface area contributed by atoms with Crippen LogP contribution in [0.2, 0.25) is 0 Å². The van der Waals surface area contributed by atoms with Crippen molar-refractivity contribution in [3.05, 3.63) is 24.4 Å². The van der Waals surface area contributed by atoms with Crippen molar-refractivity contribution in [2.24, 2.45) is 7.05 Å². The lowest BCUT2D eigenvalue weighted by molar-refractivity contribution is 0.715. The maximum Gasteiger partial charge on any atom is 0.159 e. The number of rotatable bonds is 2. The standard InChI is InChI=1S/C9H13N5/c1-3-7-8(10)9(13(2)12-7)14-5-4-11-6-14/h4-6H,3,10H2,1-2H3. The fourth-order valence-electron chi connectivity index (χ4n) is 1.54. The van der Waals surface area contributed by atoms with Gasteiger partial charge in [0.1, 0.15) is 6.33 Å². The molecule has 0 aliphatic rings. The molecule has 0 radical (unpaired) electrons. The zero-order valence-electron chi connectivity index (χ0n) is 8.31. The Labute approximate surface area is 82.2 Å². The minimum absolute atomic E-state index is 0.730. The summed E-state index contributed by atoms with van der Waals surface area (Å²) in [5.74, 6) is 0.874. The third kappa shape index (κ3) is 1.17. The SMILES string of the molecule is CCc1nn(C)c(-n2ccnc2)c1N. The number of aryl methyl sites for hydroxylation is 2. The fourth-order valence-corrected chi connectivity index (χ4v) is 1.54. The number of aromatic nitrogens is 4. The van der Waals surface area contributed by atoms with E-state index in [0.717, 1.165) is 23.6 Å². The minimum Gasteiger partial charge on any atom is -0.394 e. The zero-order valence-corrected chi connectivity index (χ0v) is 8.31. The molecule has 0 amide bonds. The number of imidazole rings is 1. The molecule has 0 bridgehead atoms. The van der Waals surface area contributed by atoms with E-state index in [9.17, 15) is 0 Å². The van der Waals surface area contributed by atoms with E-state index in [4.69, 9.17) is 5.73 Å². The van der Waals surface area contributed by atoms with E-state index >= 15 is 0 Å². The molecular formula is C9H13N5. The highest BCUT2D eigenvalue weighted by Gasteiger charge is 2.12. The topological polar surface area (TPSA) is 61.7 Å². The van der Waals surface area contributed by atoms with E-state index in [2.05, 4.69) is 10.1 Å². The second kappa shape index (κ2) is 3.17. The smallest absolute Gasteiger partial charge is 0.159 e. The van der Waals surface area contributed by atoms with Gasteiger partial charge < -0.3 is 5.73 Å². The third-order valence-electron chi connectivity index (χ3n) is 2.21. The van der Waals surface area contributed by atoms with Gasteiger partial charge in [-0.2, -0.15) is 5.10 Å². The lowest BCUT2D eigenvalue weighted by Crippen LogP contribution is -2.02. The highest BCUT2D eigenvalue weighted by Crippen LogP contribution is 2.20. The van der Waals surface area contributed by atoms with Gasteiger partial charge in [0.25, 0.3) is 0 Å². The van der Waals surface area contributed by atoms with Crippen LogP contribution in [-0.4, -0.2) is 19.3 Å². The molecule has 2 N–H and O–H groups in total. The molecule has 2 aromatic rings. The molecule has 0 aliphatic carbocycles. The molecule has 0 saturated carbocycles. The fraction of sp³-hybridized carbons (Fsp3) is 0.333. The van der Waals surface area contributed by atoms with Crippen molar-refractivity contribution in [2.75, 3.05) is 5.73 Å². The summed E-state index contributed by atoms with van der Waals surface area (Å²) in [4.78, 5) is 3.98. The van der Waals surface area contributed by atoms with Crippen LogP contribution in [0.25, 0.3) is 5.82 Å². The monoisotopic (exact) mass is 191 g/mol. The van der Waals surface area contributed by atoms with Gasteiger partial charge in [0, 0.05) is 19.4 Å². The summed E-state index contributed by atoms with van der Waals surface area (Å²) in [6.07, 6.45) is 6.13. The molecule has 0 aliphatic heterocycles. The van der Waals surface area contributed by atoms with Crippen LogP contribution in [0.1, 0.15) is 12.6 Å². The van der Waals surface area contributed by atoms with Crippen LogP contribution in [0.4, 0.5) is 5.69 Å². The summed E-state index contributed by atoms with van der Waals surface area (Å²) in [5, 5.41) is 4.33. The first-order valence-corrected chi connectivity index (χ1v) is 4.53. The van der Waals surface area contributed by atoms with Crippen molar-refractivity contribution in [1.82, 2.24) is 19.3 Å². The average Bonchev–Trinajstić information content (AvgIpc) is 2.74. The first-order chi connectivity index (χ1) is 6.74. The van der Waals surface area contributed by atoms with Crippen LogP contribution in [0.5, 0.6) is 0 Å². The van der Waals surface area contributed by atoms with Crippen molar-refractivity contribution < 1.29 is 0 Å². The van der Waals surface area contributed by atoms with Crippen LogP contribution in [0.15, 0.2) is 18.7 Å². The van der Waals surface area contributed by atoms with E-state index in [1.165, 1.54) is 0 Å². The van der Waals surface area contributed by atoms with Gasteiger partial charge in [0.05, 0.1) is 11.4 Å². The van der Waals surface area contributed by atoms with Gasteiger partial charge >= 0.3 is 0 Å². The molecule has 74 valence electrons. The number of hydrogen-bond donors (Lipinski definition) is 1. The number of hydrogen-bond acceptors (Lipinski definition) is 3. The Morgan fingerprint density at radius 3 is 2.79 bits per heavy atom. The summed E-state index contributed by atoms with van der Waals surface area (Å²) in [6, 6.07) is 0. The van der Waals surface area contributed by atoms with Gasteiger partial charge in [-0.25, -0.2) is 9.67 Å². The molecule has 0 atom stereocenters. The van der Waals surface area contributed by atoms with Crippen LogP contribution in [0, 0.1) is 0 Å². The van der Waals surface area contributed by atoms with Crippen molar-refractivity contribution in [1.29, 1.82) is 0 Å². The summed E-state index contributed by atoms with van der Waals surface area (Å²) in [6.45, 7) is 2.04. The van der Waals surface area contributed by atoms with Crippen LogP contribution in [0.3, 0.4) is 0 Å². The third-order valence-corrected chi connectivity index (χ3v) is 2.21. The summed E-state index contributed by atoms with van der Waals surface area (Å²) in [5.41, 5.74) is 7.63. The molecule has 0 aromatic carbocycles. The molecule has 0 unspecified atom stereocenters. The van der Waals surface area contributed by atoms with Crippen molar-refractivity contribution in [3.8, 4) is 5.82 Å². The molecule has 0 saturated heterocycles. The molecule has 2 aromatic heterocycles. The molecule has 0 fully saturated rings. The van der Waals surface area contributed by atoms with Crippen molar-refractivity contribution in [2.45, 2.75) is 13.3 Å². The molecule has 0 spiro atoms. The Kier molecular flexibility index (Phi) is 1.99. The van der Waals surface area contributed by atoms with Crippen molar-refractivity contribution >= 4 is 5.69 Å². The van der Waals surface area contributed by atoms with E-state index in [-0.39, 0.29) is 0 Å². The lowest BCUT2D eigenvalue weighted by Gasteiger charge is -2.02. The first kappa shape index (κ1) is 8.80. The predicted molar refractivity (Wildman–Crippen MR) is 54.1 cm³/mol. The van der Waals surface area contributed by atoms with Gasteiger partial charge in [-0.1, -0.05) is 6.92 Å². The Morgan fingerprint density at radius 2 is 2.29 bits per heavy atom. The summed E-state index contributed by atoms with van der Waals surface area (Å²) in [7, 11) is 1.88. The Balaban J connectivity index is 2.58. The van der Waals surface area contributed by atoms with E-state index in [0.29, 0.717) is 0 Å². The lowest BCUT2D eigenvalue weighted by atomic mass is 10.3. The van der Waals surface area contributed by atoms with E-state index in [1.807, 2.05) is 24.7 Å². The molecule has 5 heteroatoms. The summed E-state index contributed by atoms with van der Waals surface area (Å²) >= 11 is 0. The van der Waals surface area contributed by atoms with Gasteiger partial charge in [0.15, 0.2) is 5.82 Å². The summed E-state index contributed by atoms with van der Waals surface area (Å²) < 4.78 is 3.64. The molecule has 2 heterocycles. The second-order valence-corrected chi connectivity index (χ2v) is 3.13. The molecule has 14 heavy (non-hydrogen) atoms. The van der Waals surface area contributed by atoms with Crippen LogP contribution < -0.4 is 5.73 Å². The number of nitrogens with two attached hydrogens (primary N) is 1. The maximum atomic E-state index is 5.97. The highest BCUT2D eigenvalue weighted by atomic mass is 15.3. The number of nitrogen functional groups attached to an aromatic ring is 1. The largest absolute Gasteiger partial charge is 0.394 e. The average molecular weight is 191 g/mol. The van der Waals surface area contributed by atoms with Gasteiger partial charge in [-0.15, -0.1) is 0 Å². The molecular weight excluding hydrogens is 178 g/mol. The Hall–Kier alpha value is -1.78. The normalized spacial score (nSPS) is 10.7.